The third kappa shape index (κ3) is 4.00. The van der Waals surface area contributed by atoms with Gasteiger partial charge < -0.3 is 5.11 Å². The van der Waals surface area contributed by atoms with Crippen LogP contribution in [0.2, 0.25) is 0 Å². The first-order chi connectivity index (χ1) is 11.5. The zero-order valence-electron chi connectivity index (χ0n) is 13.7. The van der Waals surface area contributed by atoms with Crippen LogP contribution in [0.25, 0.3) is 0 Å². The summed E-state index contributed by atoms with van der Waals surface area (Å²) in [6.45, 7) is 4.02. The standard InChI is InChI=1S/C18H22FN3O2/c1-13-2-5-16(18(23)24)12-21(13)9-15-8-20-22(11-15)10-14-3-6-17(19)7-4-14/h3-4,6-8,11,13,16H,2,5,9-10,12H2,1H3,(H,23,24). The molecule has 0 radical (unpaired) electrons. The molecule has 1 aromatic carbocycles. The van der Waals surface area contributed by atoms with Gasteiger partial charge in [0.25, 0.3) is 0 Å². The van der Waals surface area contributed by atoms with E-state index in [0.717, 1.165) is 24.0 Å². The molecule has 1 saturated heterocycles. The zero-order valence-corrected chi connectivity index (χ0v) is 13.7. The van der Waals surface area contributed by atoms with E-state index in [0.29, 0.717) is 25.7 Å². The van der Waals surface area contributed by atoms with E-state index < -0.39 is 5.97 Å². The summed E-state index contributed by atoms with van der Waals surface area (Å²) in [6, 6.07) is 6.77. The van der Waals surface area contributed by atoms with Crippen molar-refractivity contribution in [1.82, 2.24) is 14.7 Å². The fourth-order valence-corrected chi connectivity index (χ4v) is 3.19. The Labute approximate surface area is 140 Å². The number of likely N-dealkylation sites (tertiary alicyclic amines) is 1. The van der Waals surface area contributed by atoms with Gasteiger partial charge in [-0.3, -0.25) is 14.4 Å². The number of hydrogen-bond acceptors (Lipinski definition) is 3. The second-order valence-corrected chi connectivity index (χ2v) is 6.56. The van der Waals surface area contributed by atoms with Crippen molar-refractivity contribution < 1.29 is 14.3 Å². The molecule has 0 saturated carbocycles. The van der Waals surface area contributed by atoms with Crippen LogP contribution in [0.15, 0.2) is 36.7 Å². The largest absolute Gasteiger partial charge is 0.481 e. The summed E-state index contributed by atoms with van der Waals surface area (Å²) in [5.41, 5.74) is 2.05. The summed E-state index contributed by atoms with van der Waals surface area (Å²) >= 11 is 0. The molecule has 0 aliphatic carbocycles. The quantitative estimate of drug-likeness (QED) is 0.915. The van der Waals surface area contributed by atoms with Gasteiger partial charge >= 0.3 is 5.97 Å². The molecule has 1 aliphatic heterocycles. The second kappa shape index (κ2) is 7.13. The van der Waals surface area contributed by atoms with Crippen LogP contribution in [-0.2, 0) is 17.9 Å². The number of carboxylic acids is 1. The summed E-state index contributed by atoms with van der Waals surface area (Å²) in [6.07, 6.45) is 5.44. The highest BCUT2D eigenvalue weighted by molar-refractivity contribution is 5.70. The van der Waals surface area contributed by atoms with Crippen LogP contribution in [0.1, 0.15) is 30.9 Å². The van der Waals surface area contributed by atoms with E-state index in [4.69, 9.17) is 0 Å². The lowest BCUT2D eigenvalue weighted by atomic mass is 9.93. The number of carbonyl (C=O) groups is 1. The van der Waals surface area contributed by atoms with E-state index in [1.54, 1.807) is 12.1 Å². The third-order valence-corrected chi connectivity index (χ3v) is 4.69. The molecule has 1 aliphatic rings. The molecule has 24 heavy (non-hydrogen) atoms. The Hall–Kier alpha value is -2.21. The Bertz CT molecular complexity index is 699. The number of nitrogens with zero attached hydrogens (tertiary/aromatic N) is 3. The van der Waals surface area contributed by atoms with E-state index in [1.165, 1.54) is 12.1 Å². The minimum absolute atomic E-state index is 0.244. The first-order valence-corrected chi connectivity index (χ1v) is 8.24. The molecule has 2 aromatic rings. The molecule has 2 atom stereocenters. The van der Waals surface area contributed by atoms with Gasteiger partial charge in [-0.15, -0.1) is 0 Å². The number of benzene rings is 1. The number of hydrogen-bond donors (Lipinski definition) is 1. The molecular formula is C18H22FN3O2. The monoisotopic (exact) mass is 331 g/mol. The Balaban J connectivity index is 1.62. The molecule has 0 bridgehead atoms. The van der Waals surface area contributed by atoms with Gasteiger partial charge in [0.15, 0.2) is 0 Å². The van der Waals surface area contributed by atoms with Gasteiger partial charge in [0.05, 0.1) is 18.7 Å². The van der Waals surface area contributed by atoms with E-state index in [2.05, 4.69) is 16.9 Å². The third-order valence-electron chi connectivity index (χ3n) is 4.69. The van der Waals surface area contributed by atoms with E-state index in [1.807, 2.05) is 17.1 Å². The zero-order chi connectivity index (χ0) is 17.1. The van der Waals surface area contributed by atoms with Crippen molar-refractivity contribution in [2.45, 2.75) is 38.9 Å². The molecule has 3 rings (SSSR count). The maximum Gasteiger partial charge on any atom is 0.307 e. The van der Waals surface area contributed by atoms with Crippen molar-refractivity contribution in [3.05, 3.63) is 53.6 Å². The van der Waals surface area contributed by atoms with Crippen molar-refractivity contribution in [3.8, 4) is 0 Å². The smallest absolute Gasteiger partial charge is 0.307 e. The number of piperidine rings is 1. The highest BCUT2D eigenvalue weighted by Gasteiger charge is 2.29. The number of rotatable bonds is 5. The highest BCUT2D eigenvalue weighted by atomic mass is 19.1. The maximum atomic E-state index is 12.9. The topological polar surface area (TPSA) is 58.4 Å². The molecule has 6 heteroatoms. The minimum atomic E-state index is -0.709. The van der Waals surface area contributed by atoms with Gasteiger partial charge in [0.1, 0.15) is 5.82 Å². The average Bonchev–Trinajstić information content (AvgIpc) is 2.98. The van der Waals surface area contributed by atoms with Crippen LogP contribution in [0, 0.1) is 11.7 Å². The second-order valence-electron chi connectivity index (χ2n) is 6.56. The normalized spacial score (nSPS) is 21.8. The average molecular weight is 331 g/mol. The van der Waals surface area contributed by atoms with Crippen molar-refractivity contribution in [3.63, 3.8) is 0 Å². The lowest BCUT2D eigenvalue weighted by Gasteiger charge is -2.36. The summed E-state index contributed by atoms with van der Waals surface area (Å²) in [4.78, 5) is 13.4. The van der Waals surface area contributed by atoms with Crippen LogP contribution in [-0.4, -0.2) is 38.3 Å². The molecule has 1 fully saturated rings. The molecule has 1 N–H and O–H groups in total. The number of halogens is 1. The molecule has 5 nitrogen and oxygen atoms in total. The van der Waals surface area contributed by atoms with Gasteiger partial charge in [0, 0.05) is 30.9 Å². The fraction of sp³-hybridized carbons (Fsp3) is 0.444. The van der Waals surface area contributed by atoms with Gasteiger partial charge in [-0.1, -0.05) is 12.1 Å². The van der Waals surface area contributed by atoms with Crippen LogP contribution in [0.5, 0.6) is 0 Å². The molecule has 0 amide bonds. The fourth-order valence-electron chi connectivity index (χ4n) is 3.19. The predicted octanol–water partition coefficient (Wildman–Crippen LogP) is 2.76. The minimum Gasteiger partial charge on any atom is -0.481 e. The molecule has 1 aromatic heterocycles. The SMILES string of the molecule is CC1CCC(C(=O)O)CN1Cc1cnn(Cc2ccc(F)cc2)c1. The Kier molecular flexibility index (Phi) is 4.94. The lowest BCUT2D eigenvalue weighted by Crippen LogP contribution is -2.43. The number of carboxylic acid groups (broad SMARTS) is 1. The Morgan fingerprint density at radius 1 is 1.25 bits per heavy atom. The van der Waals surface area contributed by atoms with Crippen LogP contribution in [0.3, 0.4) is 0 Å². The van der Waals surface area contributed by atoms with Gasteiger partial charge in [-0.2, -0.15) is 5.10 Å². The van der Waals surface area contributed by atoms with Gasteiger partial charge in [-0.25, -0.2) is 4.39 Å². The predicted molar refractivity (Wildman–Crippen MR) is 88.0 cm³/mol. The molecule has 0 spiro atoms. The molecule has 128 valence electrons. The van der Waals surface area contributed by atoms with Crippen molar-refractivity contribution in [2.75, 3.05) is 6.54 Å². The van der Waals surface area contributed by atoms with Crippen molar-refractivity contribution in [1.29, 1.82) is 0 Å². The molecule has 2 unspecified atom stereocenters. The summed E-state index contributed by atoms with van der Waals surface area (Å²) in [5.74, 6) is -1.23. The number of aromatic nitrogens is 2. The lowest BCUT2D eigenvalue weighted by molar-refractivity contribution is -0.144. The van der Waals surface area contributed by atoms with Gasteiger partial charge in [-0.05, 0) is 37.5 Å². The molecular weight excluding hydrogens is 309 g/mol. The highest BCUT2D eigenvalue weighted by Crippen LogP contribution is 2.23. The van der Waals surface area contributed by atoms with Gasteiger partial charge in [0.2, 0.25) is 0 Å². The van der Waals surface area contributed by atoms with Crippen molar-refractivity contribution in [2.24, 2.45) is 5.92 Å². The van der Waals surface area contributed by atoms with Crippen LogP contribution >= 0.6 is 0 Å². The Morgan fingerprint density at radius 3 is 2.71 bits per heavy atom. The maximum absolute atomic E-state index is 12.9. The van der Waals surface area contributed by atoms with Crippen LogP contribution in [0.4, 0.5) is 4.39 Å². The van der Waals surface area contributed by atoms with Crippen LogP contribution < -0.4 is 0 Å². The van der Waals surface area contributed by atoms with E-state index in [-0.39, 0.29) is 11.7 Å². The first-order valence-electron chi connectivity index (χ1n) is 8.24. The van der Waals surface area contributed by atoms with Crippen molar-refractivity contribution >= 4 is 5.97 Å². The summed E-state index contributed by atoms with van der Waals surface area (Å²) in [7, 11) is 0. The first kappa shape index (κ1) is 16.6. The Morgan fingerprint density at radius 2 is 2.00 bits per heavy atom. The summed E-state index contributed by atoms with van der Waals surface area (Å²) < 4.78 is 14.8. The van der Waals surface area contributed by atoms with E-state index in [9.17, 15) is 14.3 Å². The number of aliphatic carboxylic acids is 1. The molecule has 2 heterocycles. The van der Waals surface area contributed by atoms with E-state index >= 15 is 0 Å². The summed E-state index contributed by atoms with van der Waals surface area (Å²) in [5, 5.41) is 13.6.